The van der Waals surface area contributed by atoms with Gasteiger partial charge in [-0.1, -0.05) is 19.4 Å². The van der Waals surface area contributed by atoms with E-state index in [1.807, 2.05) is 0 Å². The molecule has 7 atom stereocenters. The minimum absolute atomic E-state index is 0.00881. The van der Waals surface area contributed by atoms with Crippen LogP contribution in [-0.4, -0.2) is 28.2 Å². The summed E-state index contributed by atoms with van der Waals surface area (Å²) in [4.78, 5) is 11.9. The molecule has 0 bridgehead atoms. The second-order valence-electron chi connectivity index (χ2n) is 8.76. The largest absolute Gasteiger partial charge is 0.393 e. The third kappa shape index (κ3) is 1.78. The first-order valence-corrected chi connectivity index (χ1v) is 8.97. The Morgan fingerprint density at radius 1 is 1.09 bits per heavy atom. The number of fused-ring (bicyclic) bond motifs is 5. The summed E-state index contributed by atoms with van der Waals surface area (Å²) in [7, 11) is 0. The van der Waals surface area contributed by atoms with Crippen LogP contribution < -0.4 is 0 Å². The van der Waals surface area contributed by atoms with Gasteiger partial charge in [-0.2, -0.15) is 0 Å². The van der Waals surface area contributed by atoms with E-state index >= 15 is 0 Å². The number of aliphatic hydroxyl groups is 2. The molecular formula is C19H28O3. The van der Waals surface area contributed by atoms with Gasteiger partial charge in [-0.15, -0.1) is 0 Å². The minimum atomic E-state index is -0.810. The van der Waals surface area contributed by atoms with E-state index in [0.717, 1.165) is 38.5 Å². The standard InChI is InChI=1S/C19H28O3/c1-18-8-7-14-12(13(18)5-6-17(18)22)4-3-11-9-15(20)16(21)10-19(11,14)2/h9,12-14,16-17,21-22H,3-8,10H2,1-2H3/t12?,13?,14?,16-,17+,18+,19+/m1/s1. The number of aliphatic hydroxyl groups excluding tert-OH is 2. The first-order valence-electron chi connectivity index (χ1n) is 8.97. The Bertz CT molecular complexity index is 539. The van der Waals surface area contributed by atoms with Crippen molar-refractivity contribution < 1.29 is 15.0 Å². The highest BCUT2D eigenvalue weighted by Crippen LogP contribution is 2.65. The van der Waals surface area contributed by atoms with E-state index in [-0.39, 0.29) is 22.7 Å². The molecule has 0 aromatic rings. The van der Waals surface area contributed by atoms with Crippen molar-refractivity contribution in [3.05, 3.63) is 11.6 Å². The summed E-state index contributed by atoms with van der Waals surface area (Å²) in [6, 6.07) is 0. The van der Waals surface area contributed by atoms with Crippen molar-refractivity contribution >= 4 is 5.78 Å². The molecule has 4 rings (SSSR count). The van der Waals surface area contributed by atoms with Crippen molar-refractivity contribution in [2.75, 3.05) is 0 Å². The van der Waals surface area contributed by atoms with E-state index in [1.54, 1.807) is 6.08 Å². The normalized spacial score (nSPS) is 54.3. The maximum atomic E-state index is 11.9. The fourth-order valence-corrected chi connectivity index (χ4v) is 6.59. The lowest BCUT2D eigenvalue weighted by molar-refractivity contribution is -0.128. The van der Waals surface area contributed by atoms with E-state index in [4.69, 9.17) is 0 Å². The van der Waals surface area contributed by atoms with Crippen molar-refractivity contribution in [2.24, 2.45) is 28.6 Å². The van der Waals surface area contributed by atoms with E-state index < -0.39 is 6.10 Å². The lowest BCUT2D eigenvalue weighted by Crippen LogP contribution is -2.52. The molecule has 3 unspecified atom stereocenters. The maximum absolute atomic E-state index is 11.9. The third-order valence-electron chi connectivity index (χ3n) is 7.95. The van der Waals surface area contributed by atoms with Crippen LogP contribution in [0.15, 0.2) is 11.6 Å². The van der Waals surface area contributed by atoms with E-state index in [9.17, 15) is 15.0 Å². The fourth-order valence-electron chi connectivity index (χ4n) is 6.59. The molecule has 4 aliphatic carbocycles. The van der Waals surface area contributed by atoms with E-state index in [0.29, 0.717) is 24.2 Å². The van der Waals surface area contributed by atoms with Gasteiger partial charge in [0.05, 0.1) is 6.10 Å². The zero-order valence-electron chi connectivity index (χ0n) is 13.7. The molecule has 2 N–H and O–H groups in total. The average molecular weight is 304 g/mol. The molecule has 3 nitrogen and oxygen atoms in total. The van der Waals surface area contributed by atoms with Crippen LogP contribution in [0.25, 0.3) is 0 Å². The zero-order chi connectivity index (χ0) is 15.7. The van der Waals surface area contributed by atoms with Crippen LogP contribution in [0, 0.1) is 28.6 Å². The number of carbonyl (C=O) groups excluding carboxylic acids is 1. The molecule has 0 spiro atoms. The summed E-state index contributed by atoms with van der Waals surface area (Å²) in [6.45, 7) is 4.57. The van der Waals surface area contributed by atoms with Crippen molar-refractivity contribution in [2.45, 2.75) is 71.0 Å². The number of hydrogen-bond acceptors (Lipinski definition) is 3. The lowest BCUT2D eigenvalue weighted by atomic mass is 9.47. The highest BCUT2D eigenvalue weighted by molar-refractivity contribution is 5.95. The van der Waals surface area contributed by atoms with Crippen molar-refractivity contribution in [3.63, 3.8) is 0 Å². The monoisotopic (exact) mass is 304 g/mol. The fraction of sp³-hybridized carbons (Fsp3) is 0.842. The number of ketones is 1. The van der Waals surface area contributed by atoms with Crippen LogP contribution in [0.5, 0.6) is 0 Å². The number of rotatable bonds is 0. The Morgan fingerprint density at radius 3 is 2.64 bits per heavy atom. The molecular weight excluding hydrogens is 276 g/mol. The summed E-state index contributed by atoms with van der Waals surface area (Å²) >= 11 is 0. The highest BCUT2D eigenvalue weighted by atomic mass is 16.3. The van der Waals surface area contributed by atoms with Crippen LogP contribution in [0.3, 0.4) is 0 Å². The van der Waals surface area contributed by atoms with Crippen molar-refractivity contribution in [3.8, 4) is 0 Å². The Kier molecular flexibility index (Phi) is 3.16. The van der Waals surface area contributed by atoms with E-state index in [2.05, 4.69) is 13.8 Å². The summed E-state index contributed by atoms with van der Waals surface area (Å²) in [5.74, 6) is 1.74. The van der Waals surface area contributed by atoms with Gasteiger partial charge in [0.2, 0.25) is 0 Å². The Labute approximate surface area is 132 Å². The number of carbonyl (C=O) groups is 1. The smallest absolute Gasteiger partial charge is 0.184 e. The number of allylic oxidation sites excluding steroid dienone is 1. The molecule has 122 valence electrons. The molecule has 0 radical (unpaired) electrons. The predicted octanol–water partition coefficient (Wildman–Crippen LogP) is 2.85. The topological polar surface area (TPSA) is 57.5 Å². The Hall–Kier alpha value is -0.670. The van der Waals surface area contributed by atoms with Gasteiger partial charge in [0.1, 0.15) is 6.10 Å². The van der Waals surface area contributed by atoms with Crippen molar-refractivity contribution in [1.82, 2.24) is 0 Å². The van der Waals surface area contributed by atoms with Gasteiger partial charge in [0, 0.05) is 0 Å². The Morgan fingerprint density at radius 2 is 1.86 bits per heavy atom. The molecule has 3 fully saturated rings. The summed E-state index contributed by atoms with van der Waals surface area (Å²) in [5.41, 5.74) is 1.37. The van der Waals surface area contributed by atoms with Crippen molar-refractivity contribution in [1.29, 1.82) is 0 Å². The SMILES string of the molecule is C[C@]12C[C@@H](O)C(=O)C=C1CCC1C2CC[C@@]2(C)C1CC[C@@H]2O. The minimum Gasteiger partial charge on any atom is -0.393 e. The van der Waals surface area contributed by atoms with Gasteiger partial charge in [-0.3, -0.25) is 4.79 Å². The molecule has 0 amide bonds. The van der Waals surface area contributed by atoms with Gasteiger partial charge in [0.25, 0.3) is 0 Å². The molecule has 3 saturated carbocycles. The van der Waals surface area contributed by atoms with Crippen LogP contribution >= 0.6 is 0 Å². The molecule has 0 heterocycles. The quantitative estimate of drug-likeness (QED) is 0.723. The zero-order valence-corrected chi connectivity index (χ0v) is 13.7. The highest BCUT2D eigenvalue weighted by Gasteiger charge is 2.59. The Balaban J connectivity index is 1.70. The lowest BCUT2D eigenvalue weighted by Gasteiger charge is -2.58. The molecule has 0 aromatic heterocycles. The van der Waals surface area contributed by atoms with Crippen LogP contribution in [0.4, 0.5) is 0 Å². The second kappa shape index (κ2) is 4.67. The molecule has 0 saturated heterocycles. The first-order chi connectivity index (χ1) is 10.4. The predicted molar refractivity (Wildman–Crippen MR) is 84.1 cm³/mol. The first kappa shape index (κ1) is 14.9. The maximum Gasteiger partial charge on any atom is 0.184 e. The van der Waals surface area contributed by atoms with Gasteiger partial charge in [0.15, 0.2) is 5.78 Å². The van der Waals surface area contributed by atoms with Gasteiger partial charge in [-0.05, 0) is 79.6 Å². The van der Waals surface area contributed by atoms with Crippen LogP contribution in [0.2, 0.25) is 0 Å². The summed E-state index contributed by atoms with van der Waals surface area (Å²) in [5, 5.41) is 20.6. The number of hydrogen-bond donors (Lipinski definition) is 2. The molecule has 0 aliphatic heterocycles. The molecule has 4 aliphatic rings. The van der Waals surface area contributed by atoms with Gasteiger partial charge >= 0.3 is 0 Å². The van der Waals surface area contributed by atoms with Gasteiger partial charge in [-0.25, -0.2) is 0 Å². The summed E-state index contributed by atoms with van der Waals surface area (Å²) in [6.07, 6.45) is 7.88. The van der Waals surface area contributed by atoms with Gasteiger partial charge < -0.3 is 10.2 Å². The van der Waals surface area contributed by atoms with Crippen LogP contribution in [0.1, 0.15) is 58.8 Å². The third-order valence-corrected chi connectivity index (χ3v) is 7.95. The average Bonchev–Trinajstić information content (AvgIpc) is 2.77. The molecule has 0 aromatic carbocycles. The second-order valence-corrected chi connectivity index (χ2v) is 8.76. The molecule has 22 heavy (non-hydrogen) atoms. The van der Waals surface area contributed by atoms with Crippen LogP contribution in [-0.2, 0) is 4.79 Å². The molecule has 3 heteroatoms. The summed E-state index contributed by atoms with van der Waals surface area (Å²) < 4.78 is 0. The van der Waals surface area contributed by atoms with E-state index in [1.165, 1.54) is 5.57 Å².